The van der Waals surface area contributed by atoms with E-state index in [9.17, 15) is 13.5 Å². The Hall–Kier alpha value is -0.560. The summed E-state index contributed by atoms with van der Waals surface area (Å²) in [6.45, 7) is -0.261. The highest BCUT2D eigenvalue weighted by Gasteiger charge is 2.31. The van der Waals surface area contributed by atoms with Gasteiger partial charge in [0.2, 0.25) is 10.0 Å². The molecule has 100 valence electrons. The maximum atomic E-state index is 12.5. The molecule has 1 aliphatic rings. The molecule has 1 aromatic carbocycles. The molecule has 0 bridgehead atoms. The number of sulfonamides is 1. The van der Waals surface area contributed by atoms with Crippen molar-refractivity contribution in [1.82, 2.24) is 4.31 Å². The van der Waals surface area contributed by atoms with Gasteiger partial charge in [0, 0.05) is 18.8 Å². The molecule has 1 aromatic rings. The van der Waals surface area contributed by atoms with Gasteiger partial charge in [-0.1, -0.05) is 18.2 Å². The molecule has 1 N–H and O–H groups in total. The Morgan fingerprint density at radius 3 is 2.78 bits per heavy atom. The van der Waals surface area contributed by atoms with Gasteiger partial charge in [0.25, 0.3) is 0 Å². The first-order chi connectivity index (χ1) is 8.57. The van der Waals surface area contributed by atoms with Crippen LogP contribution < -0.4 is 0 Å². The van der Waals surface area contributed by atoms with Gasteiger partial charge in [-0.3, -0.25) is 0 Å². The fraction of sp³-hybridized carbons (Fsp3) is 0.500. The number of nitrogens with zero attached hydrogens (tertiary/aromatic N) is 1. The van der Waals surface area contributed by atoms with Gasteiger partial charge in [-0.25, -0.2) is 8.42 Å². The van der Waals surface area contributed by atoms with E-state index in [-0.39, 0.29) is 17.5 Å². The van der Waals surface area contributed by atoms with Crippen LogP contribution in [0.2, 0.25) is 0 Å². The van der Waals surface area contributed by atoms with E-state index in [1.54, 1.807) is 43.1 Å². The summed E-state index contributed by atoms with van der Waals surface area (Å²) in [4.78, 5) is 0.215. The van der Waals surface area contributed by atoms with Crippen LogP contribution in [-0.2, 0) is 16.6 Å². The lowest BCUT2D eigenvalue weighted by atomic mass is 10.2. The van der Waals surface area contributed by atoms with Crippen LogP contribution in [0.25, 0.3) is 0 Å². The minimum Gasteiger partial charge on any atom is -0.392 e. The van der Waals surface area contributed by atoms with Crippen molar-refractivity contribution in [2.75, 3.05) is 18.6 Å². The molecule has 1 saturated heterocycles. The fourth-order valence-electron chi connectivity index (χ4n) is 2.05. The van der Waals surface area contributed by atoms with E-state index in [4.69, 9.17) is 0 Å². The summed E-state index contributed by atoms with van der Waals surface area (Å²) in [6.07, 6.45) is 0.891. The van der Waals surface area contributed by atoms with Gasteiger partial charge in [-0.15, -0.1) is 0 Å². The van der Waals surface area contributed by atoms with E-state index >= 15 is 0 Å². The molecule has 6 heteroatoms. The van der Waals surface area contributed by atoms with E-state index in [1.807, 2.05) is 0 Å². The average molecular weight is 287 g/mol. The smallest absolute Gasteiger partial charge is 0.243 e. The van der Waals surface area contributed by atoms with Gasteiger partial charge < -0.3 is 5.11 Å². The molecule has 0 radical (unpaired) electrons. The second-order valence-corrected chi connectivity index (χ2v) is 7.42. The number of hydrogen-bond acceptors (Lipinski definition) is 4. The Balaban J connectivity index is 2.35. The van der Waals surface area contributed by atoms with Crippen molar-refractivity contribution >= 4 is 21.8 Å². The molecule has 0 aromatic heterocycles. The molecule has 1 unspecified atom stereocenters. The zero-order valence-corrected chi connectivity index (χ0v) is 11.9. The third-order valence-electron chi connectivity index (χ3n) is 3.22. The third-order valence-corrected chi connectivity index (χ3v) is 6.38. The topological polar surface area (TPSA) is 57.6 Å². The molecular formula is C12H17NO3S2. The minimum absolute atomic E-state index is 0.0618. The Morgan fingerprint density at radius 1 is 1.44 bits per heavy atom. The van der Waals surface area contributed by atoms with Gasteiger partial charge in [0.05, 0.1) is 11.5 Å². The lowest BCUT2D eigenvalue weighted by Gasteiger charge is -2.24. The summed E-state index contributed by atoms with van der Waals surface area (Å²) in [5.74, 6) is 1.85. The van der Waals surface area contributed by atoms with E-state index in [2.05, 4.69) is 0 Å². The summed E-state index contributed by atoms with van der Waals surface area (Å²) in [7, 11) is -1.88. The maximum absolute atomic E-state index is 12.5. The third kappa shape index (κ3) is 2.56. The van der Waals surface area contributed by atoms with Crippen molar-refractivity contribution in [1.29, 1.82) is 0 Å². The van der Waals surface area contributed by atoms with Gasteiger partial charge in [-0.05, 0) is 23.8 Å². The van der Waals surface area contributed by atoms with Crippen molar-refractivity contribution in [3.8, 4) is 0 Å². The van der Waals surface area contributed by atoms with Gasteiger partial charge in [0.1, 0.15) is 0 Å². The maximum Gasteiger partial charge on any atom is 0.243 e. The van der Waals surface area contributed by atoms with E-state index in [0.717, 1.165) is 17.9 Å². The van der Waals surface area contributed by atoms with Crippen LogP contribution in [0.15, 0.2) is 29.2 Å². The predicted octanol–water partition coefficient (Wildman–Crippen LogP) is 1.30. The van der Waals surface area contributed by atoms with Crippen LogP contribution in [0.3, 0.4) is 0 Å². The number of aliphatic hydroxyl groups is 1. The summed E-state index contributed by atoms with van der Waals surface area (Å²) in [5.41, 5.74) is 0.454. The monoisotopic (exact) mass is 287 g/mol. The normalized spacial score (nSPS) is 20.5. The van der Waals surface area contributed by atoms with Gasteiger partial charge in [0.15, 0.2) is 0 Å². The number of hydrogen-bond donors (Lipinski definition) is 1. The van der Waals surface area contributed by atoms with Crippen LogP contribution in [0, 0.1) is 0 Å². The molecule has 0 saturated carbocycles. The summed E-state index contributed by atoms with van der Waals surface area (Å²) >= 11 is 1.78. The first-order valence-corrected chi connectivity index (χ1v) is 8.41. The predicted molar refractivity (Wildman–Crippen MR) is 73.0 cm³/mol. The van der Waals surface area contributed by atoms with Crippen LogP contribution in [0.1, 0.15) is 12.0 Å². The summed E-state index contributed by atoms with van der Waals surface area (Å²) < 4.78 is 26.5. The lowest BCUT2D eigenvalue weighted by molar-refractivity contribution is 0.278. The largest absolute Gasteiger partial charge is 0.392 e. The van der Waals surface area contributed by atoms with Crippen LogP contribution in [0.5, 0.6) is 0 Å². The molecular weight excluding hydrogens is 270 g/mol. The van der Waals surface area contributed by atoms with Crippen molar-refractivity contribution in [3.05, 3.63) is 29.8 Å². The quantitative estimate of drug-likeness (QED) is 0.907. The van der Waals surface area contributed by atoms with E-state index in [0.29, 0.717) is 5.56 Å². The molecule has 0 aliphatic carbocycles. The van der Waals surface area contributed by atoms with E-state index in [1.165, 1.54) is 4.31 Å². The van der Waals surface area contributed by atoms with Gasteiger partial charge >= 0.3 is 0 Å². The summed E-state index contributed by atoms with van der Waals surface area (Å²) in [6, 6.07) is 6.68. The number of benzene rings is 1. The summed E-state index contributed by atoms with van der Waals surface area (Å²) in [5, 5.41) is 9.24. The van der Waals surface area contributed by atoms with Crippen molar-refractivity contribution in [2.45, 2.75) is 24.0 Å². The Kier molecular flexibility index (Phi) is 4.32. The fourth-order valence-corrected chi connectivity index (χ4v) is 5.01. The van der Waals surface area contributed by atoms with Crippen molar-refractivity contribution in [2.24, 2.45) is 0 Å². The van der Waals surface area contributed by atoms with Crippen molar-refractivity contribution < 1.29 is 13.5 Å². The zero-order valence-electron chi connectivity index (χ0n) is 10.2. The molecule has 1 heterocycles. The first kappa shape index (κ1) is 13.9. The average Bonchev–Trinajstić information content (AvgIpc) is 2.91. The number of aliphatic hydroxyl groups excluding tert-OH is 1. The second kappa shape index (κ2) is 5.61. The molecule has 0 spiro atoms. The molecule has 0 amide bonds. The van der Waals surface area contributed by atoms with E-state index < -0.39 is 10.0 Å². The Morgan fingerprint density at radius 2 is 2.17 bits per heavy atom. The minimum atomic E-state index is -3.51. The van der Waals surface area contributed by atoms with Crippen LogP contribution in [0.4, 0.5) is 0 Å². The molecule has 1 aliphatic heterocycles. The van der Waals surface area contributed by atoms with Gasteiger partial charge in [-0.2, -0.15) is 16.1 Å². The highest BCUT2D eigenvalue weighted by Crippen LogP contribution is 2.27. The molecule has 1 fully saturated rings. The zero-order chi connectivity index (χ0) is 13.2. The first-order valence-electron chi connectivity index (χ1n) is 5.82. The number of thioether (sulfide) groups is 1. The highest BCUT2D eigenvalue weighted by atomic mass is 32.2. The molecule has 18 heavy (non-hydrogen) atoms. The standard InChI is InChI=1S/C12H17NO3S2/c1-13(11-6-7-17-9-11)18(15,16)12-5-3-2-4-10(12)8-14/h2-5,11,14H,6-9H2,1H3. The lowest BCUT2D eigenvalue weighted by Crippen LogP contribution is -2.37. The Bertz CT molecular complexity index is 510. The Labute approximate surface area is 112 Å². The molecule has 4 nitrogen and oxygen atoms in total. The second-order valence-electron chi connectivity index (χ2n) is 4.30. The SMILES string of the molecule is CN(C1CCSC1)S(=O)(=O)c1ccccc1CO. The van der Waals surface area contributed by atoms with Crippen molar-refractivity contribution in [3.63, 3.8) is 0 Å². The highest BCUT2D eigenvalue weighted by molar-refractivity contribution is 7.99. The molecule has 1 atom stereocenters. The van der Waals surface area contributed by atoms with Crippen LogP contribution >= 0.6 is 11.8 Å². The number of rotatable bonds is 4. The molecule has 2 rings (SSSR count). The van der Waals surface area contributed by atoms with Crippen LogP contribution in [-0.4, -0.2) is 42.4 Å².